The molecular weight excluding hydrogens is 366 g/mol. The quantitative estimate of drug-likeness (QED) is 0.667. The second kappa shape index (κ2) is 7.80. The second-order valence-corrected chi connectivity index (χ2v) is 6.88. The Kier molecular flexibility index (Phi) is 5.07. The number of hydrogen-bond donors (Lipinski definition) is 1. The van der Waals surface area contributed by atoms with Crippen LogP contribution in [-0.2, 0) is 11.4 Å². The lowest BCUT2D eigenvalue weighted by molar-refractivity contribution is -0.122. The summed E-state index contributed by atoms with van der Waals surface area (Å²) in [6.07, 6.45) is 3.06. The average Bonchev–Trinajstić information content (AvgIpc) is 3.08. The number of rotatable bonds is 6. The number of nitrogens with zero attached hydrogens (tertiary/aromatic N) is 2. The Bertz CT molecular complexity index is 936. The largest absolute Gasteiger partial charge is 0.484 e. The first-order chi connectivity index (χ1) is 13.2. The van der Waals surface area contributed by atoms with Crippen LogP contribution in [0, 0.1) is 5.92 Å². The van der Waals surface area contributed by atoms with E-state index in [4.69, 9.17) is 20.8 Å². The van der Waals surface area contributed by atoms with E-state index in [1.807, 2.05) is 30.3 Å². The van der Waals surface area contributed by atoms with Gasteiger partial charge in [0.15, 0.2) is 6.61 Å². The zero-order valence-electron chi connectivity index (χ0n) is 14.5. The fourth-order valence-corrected chi connectivity index (χ4v) is 2.87. The van der Waals surface area contributed by atoms with Gasteiger partial charge in [-0.25, -0.2) is 0 Å². The third-order valence-corrected chi connectivity index (χ3v) is 4.75. The number of hydrogen-bond acceptors (Lipinski definition) is 5. The van der Waals surface area contributed by atoms with Crippen molar-refractivity contribution in [3.05, 3.63) is 59.4 Å². The van der Waals surface area contributed by atoms with Crippen LogP contribution in [0.4, 0.5) is 5.69 Å². The van der Waals surface area contributed by atoms with Crippen molar-refractivity contribution in [2.24, 2.45) is 5.92 Å². The van der Waals surface area contributed by atoms with E-state index in [1.165, 1.54) is 0 Å². The fraction of sp³-hybridized carbons (Fsp3) is 0.250. The summed E-state index contributed by atoms with van der Waals surface area (Å²) in [5.41, 5.74) is 1.51. The molecule has 7 heteroatoms. The minimum absolute atomic E-state index is 0.0721. The van der Waals surface area contributed by atoms with Crippen LogP contribution in [0.2, 0.25) is 5.02 Å². The van der Waals surface area contributed by atoms with Crippen LogP contribution in [0.25, 0.3) is 11.5 Å². The predicted octanol–water partition coefficient (Wildman–Crippen LogP) is 4.71. The highest BCUT2D eigenvalue weighted by Crippen LogP contribution is 2.28. The molecule has 0 saturated heterocycles. The highest BCUT2D eigenvalue weighted by molar-refractivity contribution is 6.30. The SMILES string of the molecule is O=C(Nc1cccc(OCc2nnc(-c3ccc(Cl)cc3)o2)c1)C1CCC1. The van der Waals surface area contributed by atoms with Crippen LogP contribution in [0.1, 0.15) is 25.2 Å². The molecule has 1 N–H and O–H groups in total. The molecule has 1 fully saturated rings. The lowest BCUT2D eigenvalue weighted by atomic mass is 9.85. The van der Waals surface area contributed by atoms with Crippen molar-refractivity contribution >= 4 is 23.2 Å². The molecule has 27 heavy (non-hydrogen) atoms. The van der Waals surface area contributed by atoms with Crippen molar-refractivity contribution in [3.63, 3.8) is 0 Å². The molecule has 1 amide bonds. The normalized spacial score (nSPS) is 13.8. The Labute approximate surface area is 161 Å². The van der Waals surface area contributed by atoms with Gasteiger partial charge < -0.3 is 14.5 Å². The number of anilines is 1. The summed E-state index contributed by atoms with van der Waals surface area (Å²) in [5.74, 6) is 1.60. The van der Waals surface area contributed by atoms with E-state index in [1.54, 1.807) is 18.2 Å². The van der Waals surface area contributed by atoms with Crippen LogP contribution in [0.3, 0.4) is 0 Å². The molecule has 1 heterocycles. The van der Waals surface area contributed by atoms with Crippen LogP contribution in [0.15, 0.2) is 52.9 Å². The molecule has 1 aromatic heterocycles. The molecule has 0 spiro atoms. The first-order valence-electron chi connectivity index (χ1n) is 8.79. The van der Waals surface area contributed by atoms with Crippen molar-refractivity contribution in [2.75, 3.05) is 5.32 Å². The van der Waals surface area contributed by atoms with Gasteiger partial charge in [0.25, 0.3) is 5.89 Å². The summed E-state index contributed by atoms with van der Waals surface area (Å²) < 4.78 is 11.3. The molecule has 1 aliphatic carbocycles. The monoisotopic (exact) mass is 383 g/mol. The number of ether oxygens (including phenoxy) is 1. The first kappa shape index (κ1) is 17.5. The van der Waals surface area contributed by atoms with Gasteiger partial charge >= 0.3 is 0 Å². The van der Waals surface area contributed by atoms with Crippen LogP contribution >= 0.6 is 11.6 Å². The number of carbonyl (C=O) groups excluding carboxylic acids is 1. The Hall–Kier alpha value is -2.86. The molecule has 0 bridgehead atoms. The van der Waals surface area contributed by atoms with Gasteiger partial charge in [0, 0.05) is 28.3 Å². The summed E-state index contributed by atoms with van der Waals surface area (Å²) in [6, 6.07) is 14.4. The molecule has 4 rings (SSSR count). The summed E-state index contributed by atoms with van der Waals surface area (Å²) >= 11 is 5.88. The number of benzene rings is 2. The number of carbonyl (C=O) groups is 1. The van der Waals surface area contributed by atoms with Gasteiger partial charge in [0.05, 0.1) is 0 Å². The van der Waals surface area contributed by atoms with Gasteiger partial charge in [-0.1, -0.05) is 24.1 Å². The van der Waals surface area contributed by atoms with E-state index in [9.17, 15) is 4.79 Å². The second-order valence-electron chi connectivity index (χ2n) is 6.44. The van der Waals surface area contributed by atoms with Crippen LogP contribution in [0.5, 0.6) is 5.75 Å². The van der Waals surface area contributed by atoms with Gasteiger partial charge in [-0.3, -0.25) is 4.79 Å². The molecule has 2 aromatic carbocycles. The van der Waals surface area contributed by atoms with E-state index >= 15 is 0 Å². The van der Waals surface area contributed by atoms with Gasteiger partial charge in [0.2, 0.25) is 11.8 Å². The van der Waals surface area contributed by atoms with Crippen LogP contribution in [-0.4, -0.2) is 16.1 Å². The standard InChI is InChI=1S/C20H18ClN3O3/c21-15-9-7-14(8-10-15)20-24-23-18(27-20)12-26-17-6-2-5-16(11-17)22-19(25)13-3-1-4-13/h2,5-11,13H,1,3-4,12H2,(H,22,25). The number of amides is 1. The van der Waals surface area contributed by atoms with E-state index in [0.717, 1.165) is 30.5 Å². The summed E-state index contributed by atoms with van der Waals surface area (Å²) in [4.78, 5) is 12.1. The molecule has 6 nitrogen and oxygen atoms in total. The van der Waals surface area contributed by atoms with Crippen LogP contribution < -0.4 is 10.1 Å². The maximum Gasteiger partial charge on any atom is 0.254 e. The molecule has 0 atom stereocenters. The number of halogens is 1. The Morgan fingerprint density at radius 3 is 2.74 bits per heavy atom. The molecule has 138 valence electrons. The molecule has 0 unspecified atom stereocenters. The Morgan fingerprint density at radius 1 is 1.19 bits per heavy atom. The highest BCUT2D eigenvalue weighted by Gasteiger charge is 2.25. The summed E-state index contributed by atoms with van der Waals surface area (Å²) in [7, 11) is 0. The molecule has 1 aliphatic rings. The topological polar surface area (TPSA) is 77.2 Å². The third-order valence-electron chi connectivity index (χ3n) is 4.50. The van der Waals surface area contributed by atoms with E-state index in [2.05, 4.69) is 15.5 Å². The number of aromatic nitrogens is 2. The van der Waals surface area contributed by atoms with Crippen molar-refractivity contribution < 1.29 is 13.9 Å². The van der Waals surface area contributed by atoms with Crippen molar-refractivity contribution in [2.45, 2.75) is 25.9 Å². The van der Waals surface area contributed by atoms with E-state index < -0.39 is 0 Å². The Morgan fingerprint density at radius 2 is 2.00 bits per heavy atom. The fourth-order valence-electron chi connectivity index (χ4n) is 2.74. The number of nitrogens with one attached hydrogen (secondary N) is 1. The summed E-state index contributed by atoms with van der Waals surface area (Å²) in [5, 5.41) is 11.6. The van der Waals surface area contributed by atoms with Gasteiger partial charge in [0.1, 0.15) is 5.75 Å². The minimum atomic E-state index is 0.0721. The van der Waals surface area contributed by atoms with Gasteiger partial charge in [-0.2, -0.15) is 0 Å². The molecule has 0 radical (unpaired) electrons. The van der Waals surface area contributed by atoms with Crippen molar-refractivity contribution in [1.29, 1.82) is 0 Å². The maximum atomic E-state index is 12.1. The summed E-state index contributed by atoms with van der Waals surface area (Å²) in [6.45, 7) is 0.139. The maximum absolute atomic E-state index is 12.1. The van der Waals surface area contributed by atoms with Gasteiger partial charge in [-0.15, -0.1) is 10.2 Å². The molecule has 3 aromatic rings. The minimum Gasteiger partial charge on any atom is -0.484 e. The molecule has 0 aliphatic heterocycles. The molecule has 1 saturated carbocycles. The van der Waals surface area contributed by atoms with Crippen molar-refractivity contribution in [1.82, 2.24) is 10.2 Å². The molecular formula is C20H18ClN3O3. The zero-order chi connectivity index (χ0) is 18.6. The first-order valence-corrected chi connectivity index (χ1v) is 9.17. The third kappa shape index (κ3) is 4.28. The predicted molar refractivity (Wildman–Crippen MR) is 101 cm³/mol. The smallest absolute Gasteiger partial charge is 0.254 e. The van der Waals surface area contributed by atoms with E-state index in [-0.39, 0.29) is 18.4 Å². The van der Waals surface area contributed by atoms with Crippen molar-refractivity contribution in [3.8, 4) is 17.2 Å². The van der Waals surface area contributed by atoms with E-state index in [0.29, 0.717) is 22.6 Å². The zero-order valence-corrected chi connectivity index (χ0v) is 15.3. The lowest BCUT2D eigenvalue weighted by Gasteiger charge is -2.24. The Balaban J connectivity index is 1.36. The van der Waals surface area contributed by atoms with Gasteiger partial charge in [-0.05, 0) is 49.2 Å². The lowest BCUT2D eigenvalue weighted by Crippen LogP contribution is -2.27. The highest BCUT2D eigenvalue weighted by atomic mass is 35.5. The average molecular weight is 384 g/mol.